The van der Waals surface area contributed by atoms with Crippen LogP contribution in [0.1, 0.15) is 23.4 Å². The lowest BCUT2D eigenvalue weighted by atomic mass is 10.0. The fourth-order valence-corrected chi connectivity index (χ4v) is 3.16. The van der Waals surface area contributed by atoms with Crippen LogP contribution in [0.25, 0.3) is 11.3 Å². The summed E-state index contributed by atoms with van der Waals surface area (Å²) in [6.45, 7) is 2.97. The molecule has 0 spiro atoms. The molecule has 0 saturated carbocycles. The number of nitrogens with zero attached hydrogens (tertiary/aromatic N) is 2. The number of imidazole rings is 1. The van der Waals surface area contributed by atoms with Crippen molar-refractivity contribution in [1.82, 2.24) is 14.9 Å². The van der Waals surface area contributed by atoms with Crippen LogP contribution in [0.5, 0.6) is 0 Å². The molecule has 0 radical (unpaired) electrons. The van der Waals surface area contributed by atoms with Crippen molar-refractivity contribution in [3.05, 3.63) is 41.3 Å². The van der Waals surface area contributed by atoms with Crippen LogP contribution in [0.4, 0.5) is 0 Å². The minimum atomic E-state index is 0.894. The van der Waals surface area contributed by atoms with Gasteiger partial charge in [-0.1, -0.05) is 12.1 Å². The second-order valence-corrected chi connectivity index (χ2v) is 5.23. The van der Waals surface area contributed by atoms with E-state index >= 15 is 0 Å². The zero-order valence-corrected chi connectivity index (χ0v) is 10.4. The highest BCUT2D eigenvalue weighted by Crippen LogP contribution is 2.29. The number of benzene rings is 1. The molecule has 3 nitrogen and oxygen atoms in total. The third-order valence-corrected chi connectivity index (χ3v) is 4.13. The van der Waals surface area contributed by atoms with Crippen LogP contribution in [0.15, 0.2) is 24.4 Å². The van der Waals surface area contributed by atoms with Crippen LogP contribution in [0.3, 0.4) is 0 Å². The zero-order valence-electron chi connectivity index (χ0n) is 10.4. The van der Waals surface area contributed by atoms with Gasteiger partial charge >= 0.3 is 0 Å². The zero-order chi connectivity index (χ0) is 11.9. The van der Waals surface area contributed by atoms with Crippen molar-refractivity contribution in [2.45, 2.75) is 32.4 Å². The number of nitrogens with one attached hydrogen (secondary N) is 1. The number of aromatic nitrogens is 2. The number of hydrogen-bond acceptors (Lipinski definition) is 2. The van der Waals surface area contributed by atoms with Crippen molar-refractivity contribution in [3.8, 4) is 11.3 Å². The van der Waals surface area contributed by atoms with E-state index in [2.05, 4.69) is 33.1 Å². The van der Waals surface area contributed by atoms with E-state index in [9.17, 15) is 0 Å². The first-order chi connectivity index (χ1) is 8.92. The Morgan fingerprint density at radius 1 is 1.17 bits per heavy atom. The van der Waals surface area contributed by atoms with Gasteiger partial charge in [0.2, 0.25) is 0 Å². The van der Waals surface area contributed by atoms with Crippen LogP contribution in [0, 0.1) is 0 Å². The van der Waals surface area contributed by atoms with Crippen LogP contribution >= 0.6 is 0 Å². The van der Waals surface area contributed by atoms with Crippen LogP contribution in [0.2, 0.25) is 0 Å². The summed E-state index contributed by atoms with van der Waals surface area (Å²) < 4.78 is 2.35. The van der Waals surface area contributed by atoms with Gasteiger partial charge in [-0.25, -0.2) is 4.98 Å². The largest absolute Gasteiger partial charge is 0.326 e. The van der Waals surface area contributed by atoms with Gasteiger partial charge in [-0.2, -0.15) is 0 Å². The van der Waals surface area contributed by atoms with Crippen LogP contribution in [-0.2, 0) is 25.9 Å². The van der Waals surface area contributed by atoms with Crippen molar-refractivity contribution in [2.24, 2.45) is 0 Å². The predicted molar refractivity (Wildman–Crippen MR) is 71.4 cm³/mol. The van der Waals surface area contributed by atoms with Gasteiger partial charge in [0.25, 0.3) is 0 Å². The fourth-order valence-electron chi connectivity index (χ4n) is 3.16. The standard InChI is InChI=1S/C15H17N3/c1-2-11-4-5-13(8-12(11)3-1)14-9-17-15-10-16-6-7-18(14)15/h4-5,8-9,16H,1-3,6-7,10H2. The molecular formula is C15H17N3. The molecule has 0 atom stereocenters. The lowest BCUT2D eigenvalue weighted by Gasteiger charge is -2.18. The van der Waals surface area contributed by atoms with E-state index in [-0.39, 0.29) is 0 Å². The molecule has 2 heterocycles. The van der Waals surface area contributed by atoms with Gasteiger partial charge in [0.15, 0.2) is 0 Å². The summed E-state index contributed by atoms with van der Waals surface area (Å²) >= 11 is 0. The second kappa shape index (κ2) is 3.95. The van der Waals surface area contributed by atoms with Crippen molar-refractivity contribution in [1.29, 1.82) is 0 Å². The number of fused-ring (bicyclic) bond motifs is 2. The number of hydrogen-bond donors (Lipinski definition) is 1. The van der Waals surface area contributed by atoms with E-state index in [4.69, 9.17) is 0 Å². The molecule has 0 saturated heterocycles. The summed E-state index contributed by atoms with van der Waals surface area (Å²) in [5, 5.41) is 3.36. The third kappa shape index (κ3) is 1.51. The van der Waals surface area contributed by atoms with Crippen molar-refractivity contribution < 1.29 is 0 Å². The van der Waals surface area contributed by atoms with Crippen LogP contribution in [-0.4, -0.2) is 16.1 Å². The first kappa shape index (κ1) is 10.3. The maximum atomic E-state index is 4.53. The average Bonchev–Trinajstić information content (AvgIpc) is 3.04. The molecule has 1 aliphatic carbocycles. The van der Waals surface area contributed by atoms with Gasteiger partial charge < -0.3 is 9.88 Å². The van der Waals surface area contributed by atoms with E-state index in [1.165, 1.54) is 36.1 Å². The molecule has 1 aromatic heterocycles. The summed E-state index contributed by atoms with van der Waals surface area (Å²) in [5.74, 6) is 1.16. The third-order valence-electron chi connectivity index (χ3n) is 4.13. The maximum Gasteiger partial charge on any atom is 0.123 e. The van der Waals surface area contributed by atoms with Crippen molar-refractivity contribution >= 4 is 0 Å². The monoisotopic (exact) mass is 239 g/mol. The van der Waals surface area contributed by atoms with Crippen molar-refractivity contribution in [2.75, 3.05) is 6.54 Å². The predicted octanol–water partition coefficient (Wildman–Crippen LogP) is 2.14. The van der Waals surface area contributed by atoms with Gasteiger partial charge in [0, 0.05) is 18.7 Å². The topological polar surface area (TPSA) is 29.9 Å². The Kier molecular flexibility index (Phi) is 2.27. The summed E-state index contributed by atoms with van der Waals surface area (Å²) in [7, 11) is 0. The minimum Gasteiger partial charge on any atom is -0.326 e. The molecule has 18 heavy (non-hydrogen) atoms. The number of aryl methyl sites for hydroxylation is 2. The molecule has 1 N–H and O–H groups in total. The Bertz CT molecular complexity index is 598. The molecule has 0 amide bonds. The highest BCUT2D eigenvalue weighted by Gasteiger charge is 2.17. The molecule has 0 unspecified atom stereocenters. The summed E-state index contributed by atoms with van der Waals surface area (Å²) in [6, 6.07) is 6.93. The Labute approximate surface area is 107 Å². The van der Waals surface area contributed by atoms with Gasteiger partial charge in [-0.3, -0.25) is 0 Å². The van der Waals surface area contributed by atoms with Crippen LogP contribution < -0.4 is 5.32 Å². The second-order valence-electron chi connectivity index (χ2n) is 5.23. The van der Waals surface area contributed by atoms with E-state index < -0.39 is 0 Å². The van der Waals surface area contributed by atoms with E-state index in [0.29, 0.717) is 0 Å². The normalized spacial score (nSPS) is 17.6. The molecule has 2 aliphatic rings. The first-order valence-electron chi connectivity index (χ1n) is 6.79. The van der Waals surface area contributed by atoms with Gasteiger partial charge in [0.1, 0.15) is 5.82 Å². The Morgan fingerprint density at radius 2 is 2.11 bits per heavy atom. The highest BCUT2D eigenvalue weighted by atomic mass is 15.2. The highest BCUT2D eigenvalue weighted by molar-refractivity contribution is 5.62. The minimum absolute atomic E-state index is 0.894. The molecule has 1 aliphatic heterocycles. The molecule has 1 aromatic carbocycles. The molecule has 2 aromatic rings. The van der Waals surface area contributed by atoms with Crippen molar-refractivity contribution in [3.63, 3.8) is 0 Å². The van der Waals surface area contributed by atoms with Gasteiger partial charge in [0.05, 0.1) is 18.4 Å². The smallest absolute Gasteiger partial charge is 0.123 e. The van der Waals surface area contributed by atoms with Gasteiger partial charge in [-0.15, -0.1) is 0 Å². The molecule has 92 valence electrons. The van der Waals surface area contributed by atoms with E-state index in [1.54, 1.807) is 5.56 Å². The van der Waals surface area contributed by atoms with Gasteiger partial charge in [-0.05, 0) is 36.5 Å². The molecule has 4 rings (SSSR count). The van der Waals surface area contributed by atoms with E-state index in [0.717, 1.165) is 25.5 Å². The molecule has 0 bridgehead atoms. The lowest BCUT2D eigenvalue weighted by Crippen LogP contribution is -2.28. The lowest BCUT2D eigenvalue weighted by molar-refractivity contribution is 0.508. The summed E-state index contributed by atoms with van der Waals surface area (Å²) in [5.41, 5.74) is 5.69. The molecule has 0 fully saturated rings. The summed E-state index contributed by atoms with van der Waals surface area (Å²) in [6.07, 6.45) is 5.84. The SMILES string of the molecule is c1cc2c(cc1-c1cnc3n1CCNC3)CCC2. The number of rotatable bonds is 1. The quantitative estimate of drug-likeness (QED) is 0.826. The maximum absolute atomic E-state index is 4.53. The average molecular weight is 239 g/mol. The van der Waals surface area contributed by atoms with E-state index in [1.807, 2.05) is 6.20 Å². The Hall–Kier alpha value is -1.61. The Morgan fingerprint density at radius 3 is 3.11 bits per heavy atom. The summed E-state index contributed by atoms with van der Waals surface area (Å²) in [4.78, 5) is 4.53. The fraction of sp³-hybridized carbons (Fsp3) is 0.400. The molecular weight excluding hydrogens is 222 g/mol. The Balaban J connectivity index is 1.81. The first-order valence-corrected chi connectivity index (χ1v) is 6.79. The molecule has 3 heteroatoms.